The van der Waals surface area contributed by atoms with Crippen molar-refractivity contribution in [2.24, 2.45) is 4.99 Å². The average Bonchev–Trinajstić information content (AvgIpc) is 2.68. The van der Waals surface area contributed by atoms with Gasteiger partial charge in [-0.1, -0.05) is 24.3 Å². The molecule has 1 aromatic rings. The van der Waals surface area contributed by atoms with E-state index < -0.39 is 10.0 Å². The van der Waals surface area contributed by atoms with Crippen molar-refractivity contribution in [2.45, 2.75) is 19.2 Å². The van der Waals surface area contributed by atoms with Crippen molar-refractivity contribution in [2.75, 3.05) is 53.1 Å². The molecule has 0 radical (unpaired) electrons. The monoisotopic (exact) mass is 398 g/mol. The summed E-state index contributed by atoms with van der Waals surface area (Å²) in [4.78, 5) is 4.57. The summed E-state index contributed by atoms with van der Waals surface area (Å²) < 4.78 is 37.2. The summed E-state index contributed by atoms with van der Waals surface area (Å²) in [6.07, 6.45) is 0. The molecule has 9 heteroatoms. The van der Waals surface area contributed by atoms with Crippen molar-refractivity contribution in [3.05, 3.63) is 35.4 Å². The standard InChI is InChI=1S/C18H30N4O4S/c1-3-19-18(20-8-11-25-2)21-14-16-6-4-5-7-17(16)15-27(23,24)22-9-12-26-13-10-22/h4-7H,3,8-15H2,1-2H3,(H2,19,20,21). The van der Waals surface area contributed by atoms with Gasteiger partial charge in [-0.2, -0.15) is 4.31 Å². The fourth-order valence-corrected chi connectivity index (χ4v) is 4.31. The Morgan fingerprint density at radius 1 is 1.22 bits per heavy atom. The van der Waals surface area contributed by atoms with Gasteiger partial charge in [0.05, 0.1) is 32.1 Å². The second kappa shape index (κ2) is 11.2. The van der Waals surface area contributed by atoms with Gasteiger partial charge in [0, 0.05) is 33.3 Å². The average molecular weight is 399 g/mol. The van der Waals surface area contributed by atoms with Gasteiger partial charge in [-0.25, -0.2) is 13.4 Å². The van der Waals surface area contributed by atoms with Crippen LogP contribution in [0.25, 0.3) is 0 Å². The van der Waals surface area contributed by atoms with Gasteiger partial charge in [0.1, 0.15) is 0 Å². The summed E-state index contributed by atoms with van der Waals surface area (Å²) in [5.41, 5.74) is 1.68. The van der Waals surface area contributed by atoms with E-state index in [0.29, 0.717) is 52.0 Å². The molecular weight excluding hydrogens is 368 g/mol. The number of rotatable bonds is 9. The lowest BCUT2D eigenvalue weighted by molar-refractivity contribution is 0.0729. The van der Waals surface area contributed by atoms with E-state index in [-0.39, 0.29) is 5.75 Å². The first kappa shape index (κ1) is 21.6. The van der Waals surface area contributed by atoms with Gasteiger partial charge < -0.3 is 20.1 Å². The van der Waals surface area contributed by atoms with Gasteiger partial charge in [-0.3, -0.25) is 0 Å². The molecule has 1 fully saturated rings. The fraction of sp³-hybridized carbons (Fsp3) is 0.611. The lowest BCUT2D eigenvalue weighted by atomic mass is 10.1. The normalized spacial score (nSPS) is 16.3. The topological polar surface area (TPSA) is 92.3 Å². The summed E-state index contributed by atoms with van der Waals surface area (Å²) >= 11 is 0. The van der Waals surface area contributed by atoms with Gasteiger partial charge in [0.25, 0.3) is 0 Å². The first-order valence-electron chi connectivity index (χ1n) is 9.20. The van der Waals surface area contributed by atoms with Gasteiger partial charge in [-0.15, -0.1) is 0 Å². The molecular formula is C18H30N4O4S. The summed E-state index contributed by atoms with van der Waals surface area (Å²) in [6.45, 7) is 6.09. The maximum absolute atomic E-state index is 12.7. The molecule has 0 bridgehead atoms. The summed E-state index contributed by atoms with van der Waals surface area (Å²) in [5.74, 6) is 0.659. The van der Waals surface area contributed by atoms with Crippen molar-refractivity contribution >= 4 is 16.0 Å². The van der Waals surface area contributed by atoms with Crippen LogP contribution in [-0.4, -0.2) is 71.8 Å². The molecule has 1 aromatic carbocycles. The highest BCUT2D eigenvalue weighted by Gasteiger charge is 2.25. The Bertz CT molecular complexity index is 703. The maximum atomic E-state index is 12.7. The van der Waals surface area contributed by atoms with Crippen LogP contribution >= 0.6 is 0 Å². The van der Waals surface area contributed by atoms with E-state index in [2.05, 4.69) is 15.6 Å². The quantitative estimate of drug-likeness (QED) is 0.359. The van der Waals surface area contributed by atoms with Gasteiger partial charge in [0.15, 0.2) is 5.96 Å². The van der Waals surface area contributed by atoms with Crippen LogP contribution < -0.4 is 10.6 Å². The van der Waals surface area contributed by atoms with Crippen LogP contribution in [0.4, 0.5) is 0 Å². The summed E-state index contributed by atoms with van der Waals surface area (Å²) in [6, 6.07) is 7.54. The number of methoxy groups -OCH3 is 1. The van der Waals surface area contributed by atoms with E-state index in [1.165, 1.54) is 4.31 Å². The van der Waals surface area contributed by atoms with Crippen LogP contribution in [0.15, 0.2) is 29.3 Å². The SMILES string of the molecule is CCNC(=NCc1ccccc1CS(=O)(=O)N1CCOCC1)NCCOC. The van der Waals surface area contributed by atoms with E-state index in [9.17, 15) is 8.42 Å². The predicted molar refractivity (Wildman–Crippen MR) is 106 cm³/mol. The minimum Gasteiger partial charge on any atom is -0.383 e. The highest BCUT2D eigenvalue weighted by atomic mass is 32.2. The maximum Gasteiger partial charge on any atom is 0.218 e. The molecule has 0 aromatic heterocycles. The number of nitrogens with zero attached hydrogens (tertiary/aromatic N) is 2. The molecule has 1 heterocycles. The highest BCUT2D eigenvalue weighted by Crippen LogP contribution is 2.17. The van der Waals surface area contributed by atoms with Crippen LogP contribution in [0, 0.1) is 0 Å². The molecule has 0 saturated carbocycles. The highest BCUT2D eigenvalue weighted by molar-refractivity contribution is 7.88. The van der Waals surface area contributed by atoms with Gasteiger partial charge >= 0.3 is 0 Å². The summed E-state index contributed by atoms with van der Waals surface area (Å²) in [7, 11) is -1.72. The molecule has 2 N–H and O–H groups in total. The molecule has 2 rings (SSSR count). The van der Waals surface area contributed by atoms with E-state index in [4.69, 9.17) is 9.47 Å². The van der Waals surface area contributed by atoms with Crippen molar-refractivity contribution in [3.8, 4) is 0 Å². The fourth-order valence-electron chi connectivity index (χ4n) is 2.74. The number of aliphatic imine (C=N–C) groups is 1. The molecule has 1 saturated heterocycles. The molecule has 152 valence electrons. The third kappa shape index (κ3) is 7.10. The van der Waals surface area contributed by atoms with Crippen LogP contribution in [-0.2, 0) is 31.8 Å². The largest absolute Gasteiger partial charge is 0.383 e. The molecule has 0 aliphatic carbocycles. The molecule has 1 aliphatic rings. The molecule has 0 amide bonds. The minimum atomic E-state index is -3.37. The Kier molecular flexibility index (Phi) is 8.99. The molecule has 0 spiro atoms. The first-order chi connectivity index (χ1) is 13.1. The number of benzene rings is 1. The zero-order chi connectivity index (χ0) is 19.5. The molecule has 0 atom stereocenters. The van der Waals surface area contributed by atoms with E-state index >= 15 is 0 Å². The van der Waals surface area contributed by atoms with Crippen LogP contribution in [0.2, 0.25) is 0 Å². The van der Waals surface area contributed by atoms with Gasteiger partial charge in [0.2, 0.25) is 10.0 Å². The summed E-state index contributed by atoms with van der Waals surface area (Å²) in [5, 5.41) is 6.36. The second-order valence-electron chi connectivity index (χ2n) is 6.15. The number of sulfonamides is 1. The van der Waals surface area contributed by atoms with Crippen LogP contribution in [0.5, 0.6) is 0 Å². The molecule has 1 aliphatic heterocycles. The number of nitrogens with one attached hydrogen (secondary N) is 2. The molecule has 0 unspecified atom stereocenters. The molecule has 8 nitrogen and oxygen atoms in total. The second-order valence-corrected chi connectivity index (χ2v) is 8.12. The predicted octanol–water partition coefficient (Wildman–Crippen LogP) is 0.550. The lowest BCUT2D eigenvalue weighted by Crippen LogP contribution is -2.41. The smallest absolute Gasteiger partial charge is 0.218 e. The lowest BCUT2D eigenvalue weighted by Gasteiger charge is -2.26. The van der Waals surface area contributed by atoms with E-state index in [1.807, 2.05) is 31.2 Å². The van der Waals surface area contributed by atoms with Crippen LogP contribution in [0.3, 0.4) is 0 Å². The van der Waals surface area contributed by atoms with Crippen molar-refractivity contribution in [1.82, 2.24) is 14.9 Å². The number of ether oxygens (including phenoxy) is 2. The van der Waals surface area contributed by atoms with Crippen LogP contribution in [0.1, 0.15) is 18.1 Å². The number of guanidine groups is 1. The zero-order valence-electron chi connectivity index (χ0n) is 16.1. The van der Waals surface area contributed by atoms with Crippen molar-refractivity contribution in [3.63, 3.8) is 0 Å². The van der Waals surface area contributed by atoms with E-state index in [1.54, 1.807) is 7.11 Å². The molecule has 27 heavy (non-hydrogen) atoms. The van der Waals surface area contributed by atoms with Gasteiger partial charge in [-0.05, 0) is 18.1 Å². The zero-order valence-corrected chi connectivity index (χ0v) is 16.9. The first-order valence-corrected chi connectivity index (χ1v) is 10.8. The number of hydrogen-bond acceptors (Lipinski definition) is 5. The Balaban J connectivity index is 2.08. The van der Waals surface area contributed by atoms with Crippen molar-refractivity contribution < 1.29 is 17.9 Å². The number of morpholine rings is 1. The Labute approximate surface area is 162 Å². The Morgan fingerprint density at radius 3 is 2.59 bits per heavy atom. The van der Waals surface area contributed by atoms with E-state index in [0.717, 1.165) is 17.7 Å². The minimum absolute atomic E-state index is 0.0215. The Hall–Kier alpha value is -1.68. The Morgan fingerprint density at radius 2 is 1.93 bits per heavy atom. The third-order valence-electron chi connectivity index (χ3n) is 4.17. The van der Waals surface area contributed by atoms with Crippen molar-refractivity contribution in [1.29, 1.82) is 0 Å². The number of hydrogen-bond donors (Lipinski definition) is 2. The third-order valence-corrected chi connectivity index (χ3v) is 6.00.